The molecule has 144 valence electrons. The number of carbonyl (C=O) groups excluding carboxylic acids is 1. The summed E-state index contributed by atoms with van der Waals surface area (Å²) in [6.07, 6.45) is 3.55. The van der Waals surface area contributed by atoms with Crippen molar-refractivity contribution < 1.29 is 4.79 Å². The summed E-state index contributed by atoms with van der Waals surface area (Å²) in [4.78, 5) is 26.3. The second-order valence-electron chi connectivity index (χ2n) is 6.82. The molecule has 2 aromatic rings. The quantitative estimate of drug-likeness (QED) is 0.571. The van der Waals surface area contributed by atoms with E-state index in [1.807, 2.05) is 31.2 Å². The average Bonchev–Trinajstić information content (AvgIpc) is 2.67. The highest BCUT2D eigenvalue weighted by atomic mass is 32.1. The van der Waals surface area contributed by atoms with E-state index in [4.69, 9.17) is 0 Å². The lowest BCUT2D eigenvalue weighted by atomic mass is 9.85. The molecule has 0 unspecified atom stereocenters. The summed E-state index contributed by atoms with van der Waals surface area (Å²) in [7, 11) is 1.79. The van der Waals surface area contributed by atoms with Gasteiger partial charge in [-0.2, -0.15) is 15.0 Å². The molecule has 1 aromatic carbocycles. The van der Waals surface area contributed by atoms with Gasteiger partial charge < -0.3 is 16.0 Å². The van der Waals surface area contributed by atoms with E-state index in [2.05, 4.69) is 43.5 Å². The van der Waals surface area contributed by atoms with Crippen LogP contribution in [-0.4, -0.2) is 33.9 Å². The van der Waals surface area contributed by atoms with E-state index >= 15 is 0 Å². The van der Waals surface area contributed by atoms with E-state index in [1.54, 1.807) is 7.05 Å². The van der Waals surface area contributed by atoms with Gasteiger partial charge in [-0.25, -0.2) is 0 Å². The molecule has 1 aromatic heterocycles. The van der Waals surface area contributed by atoms with Crippen LogP contribution in [0.1, 0.15) is 37.1 Å². The second-order valence-corrected chi connectivity index (χ2v) is 7.30. The van der Waals surface area contributed by atoms with Crippen molar-refractivity contribution in [2.75, 3.05) is 17.7 Å². The van der Waals surface area contributed by atoms with E-state index in [0.717, 1.165) is 36.1 Å². The first-order valence-electron chi connectivity index (χ1n) is 9.26. The minimum Gasteiger partial charge on any atom is -0.357 e. The lowest BCUT2D eigenvalue weighted by Gasteiger charge is -2.28. The molecule has 8 heteroatoms. The summed E-state index contributed by atoms with van der Waals surface area (Å²) in [6, 6.07) is 8.10. The van der Waals surface area contributed by atoms with E-state index in [-0.39, 0.29) is 17.9 Å². The van der Waals surface area contributed by atoms with Crippen molar-refractivity contribution in [1.29, 1.82) is 0 Å². The first-order valence-corrected chi connectivity index (χ1v) is 9.71. The lowest BCUT2D eigenvalue weighted by Crippen LogP contribution is -2.36. The zero-order valence-corrected chi connectivity index (χ0v) is 16.6. The fourth-order valence-electron chi connectivity index (χ4n) is 3.33. The van der Waals surface area contributed by atoms with Crippen molar-refractivity contribution in [1.82, 2.24) is 20.3 Å². The zero-order valence-electron chi connectivity index (χ0n) is 15.7. The fourth-order valence-corrected chi connectivity index (χ4v) is 3.57. The summed E-state index contributed by atoms with van der Waals surface area (Å²) in [5, 5.41) is 9.36. The van der Waals surface area contributed by atoms with Gasteiger partial charge in [-0.3, -0.25) is 4.79 Å². The molecule has 1 saturated carbocycles. The summed E-state index contributed by atoms with van der Waals surface area (Å²) in [5.41, 5.74) is 1.04. The Morgan fingerprint density at radius 1 is 1.11 bits per heavy atom. The minimum absolute atomic E-state index is 0.0584. The number of carbonyl (C=O) groups is 1. The Bertz CT molecular complexity index is 792. The lowest BCUT2D eigenvalue weighted by molar-refractivity contribution is -0.126. The number of nitrogens with one attached hydrogen (secondary N) is 3. The number of benzene rings is 1. The highest BCUT2D eigenvalue weighted by Crippen LogP contribution is 2.26. The molecule has 3 N–H and O–H groups in total. The summed E-state index contributed by atoms with van der Waals surface area (Å²) in [6.45, 7) is 2.37. The Morgan fingerprint density at radius 3 is 2.52 bits per heavy atom. The van der Waals surface area contributed by atoms with Gasteiger partial charge in [0.05, 0.1) is 0 Å². The number of aromatic nitrogens is 3. The van der Waals surface area contributed by atoms with Crippen molar-refractivity contribution in [2.24, 2.45) is 5.92 Å². The number of thiol groups is 1. The number of rotatable bonds is 6. The minimum atomic E-state index is 0.0584. The third kappa shape index (κ3) is 5.32. The van der Waals surface area contributed by atoms with Crippen LogP contribution in [0.5, 0.6) is 0 Å². The first-order chi connectivity index (χ1) is 13.0. The topological polar surface area (TPSA) is 91.8 Å². The van der Waals surface area contributed by atoms with Gasteiger partial charge in [0.15, 0.2) is 0 Å². The van der Waals surface area contributed by atoms with Crippen molar-refractivity contribution in [3.05, 3.63) is 35.7 Å². The number of hydrogen-bond acceptors (Lipinski definition) is 7. The molecule has 0 atom stereocenters. The molecule has 0 bridgehead atoms. The molecule has 1 fully saturated rings. The van der Waals surface area contributed by atoms with Gasteiger partial charge in [-0.05, 0) is 44.2 Å². The van der Waals surface area contributed by atoms with Crippen LogP contribution in [0.4, 0.5) is 11.9 Å². The second kappa shape index (κ2) is 9.03. The van der Waals surface area contributed by atoms with Crippen LogP contribution in [0, 0.1) is 12.8 Å². The SMILES string of the molecule is CNc1nc(C)nc(NC2CCC(C(=O)NCc3ccccc3S)CC2)n1. The van der Waals surface area contributed by atoms with Gasteiger partial charge in [0.1, 0.15) is 5.82 Å². The summed E-state index contributed by atoms with van der Waals surface area (Å²) in [5.74, 6) is 2.00. The van der Waals surface area contributed by atoms with Crippen molar-refractivity contribution in [3.63, 3.8) is 0 Å². The monoisotopic (exact) mass is 386 g/mol. The number of hydrogen-bond donors (Lipinski definition) is 4. The van der Waals surface area contributed by atoms with Crippen LogP contribution in [0.3, 0.4) is 0 Å². The molecule has 0 spiro atoms. The molecule has 1 heterocycles. The van der Waals surface area contributed by atoms with Crippen LogP contribution >= 0.6 is 12.6 Å². The molecule has 1 amide bonds. The third-order valence-electron chi connectivity index (χ3n) is 4.85. The van der Waals surface area contributed by atoms with Gasteiger partial charge in [0.2, 0.25) is 17.8 Å². The Balaban J connectivity index is 1.48. The zero-order chi connectivity index (χ0) is 19.2. The summed E-state index contributed by atoms with van der Waals surface area (Å²) < 4.78 is 0. The van der Waals surface area contributed by atoms with Crippen molar-refractivity contribution in [2.45, 2.75) is 50.1 Å². The Labute approximate surface area is 165 Å². The molecule has 0 saturated heterocycles. The molecule has 0 aliphatic heterocycles. The summed E-state index contributed by atoms with van der Waals surface area (Å²) >= 11 is 4.43. The number of anilines is 2. The molecular weight excluding hydrogens is 360 g/mol. The van der Waals surface area contributed by atoms with Crippen LogP contribution in [0.25, 0.3) is 0 Å². The maximum absolute atomic E-state index is 12.5. The van der Waals surface area contributed by atoms with E-state index in [0.29, 0.717) is 24.3 Å². The molecule has 1 aliphatic rings. The van der Waals surface area contributed by atoms with Crippen molar-refractivity contribution >= 4 is 30.4 Å². The smallest absolute Gasteiger partial charge is 0.227 e. The number of nitrogens with zero attached hydrogens (tertiary/aromatic N) is 3. The molecule has 1 aliphatic carbocycles. The van der Waals surface area contributed by atoms with Gasteiger partial charge >= 0.3 is 0 Å². The standard InChI is InChI=1S/C19H26N6OS/c1-12-22-18(20-2)25-19(23-12)24-15-9-7-13(8-10-15)17(26)21-11-14-5-3-4-6-16(14)27/h3-6,13,15,27H,7-11H2,1-2H3,(H,21,26)(H2,20,22,23,24,25). The molecule has 7 nitrogen and oxygen atoms in total. The van der Waals surface area contributed by atoms with Crippen LogP contribution < -0.4 is 16.0 Å². The van der Waals surface area contributed by atoms with Crippen LogP contribution in [0.15, 0.2) is 29.2 Å². The molecule has 0 radical (unpaired) electrons. The average molecular weight is 387 g/mol. The van der Waals surface area contributed by atoms with Gasteiger partial charge in [-0.1, -0.05) is 18.2 Å². The fraction of sp³-hybridized carbons (Fsp3) is 0.474. The van der Waals surface area contributed by atoms with Gasteiger partial charge in [0.25, 0.3) is 0 Å². The van der Waals surface area contributed by atoms with Gasteiger partial charge in [0, 0.05) is 30.4 Å². The maximum Gasteiger partial charge on any atom is 0.227 e. The Hall–Kier alpha value is -2.35. The number of amides is 1. The highest BCUT2D eigenvalue weighted by molar-refractivity contribution is 7.80. The molecule has 27 heavy (non-hydrogen) atoms. The highest BCUT2D eigenvalue weighted by Gasteiger charge is 2.26. The van der Waals surface area contributed by atoms with E-state index < -0.39 is 0 Å². The predicted molar refractivity (Wildman–Crippen MR) is 109 cm³/mol. The predicted octanol–water partition coefficient (Wildman–Crippen LogP) is 2.80. The third-order valence-corrected chi connectivity index (χ3v) is 5.28. The number of aryl methyl sites for hydroxylation is 1. The molecule has 3 rings (SSSR count). The van der Waals surface area contributed by atoms with E-state index in [9.17, 15) is 4.79 Å². The molecular formula is C19H26N6OS. The Kier molecular flexibility index (Phi) is 6.49. The Morgan fingerprint density at radius 2 is 1.81 bits per heavy atom. The van der Waals surface area contributed by atoms with Crippen LogP contribution in [-0.2, 0) is 11.3 Å². The van der Waals surface area contributed by atoms with Crippen LogP contribution in [0.2, 0.25) is 0 Å². The normalized spacial score (nSPS) is 19.4. The largest absolute Gasteiger partial charge is 0.357 e. The van der Waals surface area contributed by atoms with Crippen molar-refractivity contribution in [3.8, 4) is 0 Å². The van der Waals surface area contributed by atoms with Gasteiger partial charge in [-0.15, -0.1) is 12.6 Å². The van der Waals surface area contributed by atoms with E-state index in [1.165, 1.54) is 0 Å². The maximum atomic E-state index is 12.5. The first kappa shape index (κ1) is 19.4.